The number of amides is 2. The molecule has 0 atom stereocenters. The Morgan fingerprint density at radius 1 is 1.00 bits per heavy atom. The third kappa shape index (κ3) is 4.27. The Balaban J connectivity index is 1.59. The number of carboxylic acid groups (broad SMARTS) is 1. The summed E-state index contributed by atoms with van der Waals surface area (Å²) in [5.41, 5.74) is 3.31. The SMILES string of the molecule is O=C(NCc1ccc(C(=O)O)cc1)Nc1ccc2c(c1)C(=O)CCCC2. The molecule has 26 heavy (non-hydrogen) atoms. The van der Waals surface area contributed by atoms with Crippen LogP contribution >= 0.6 is 0 Å². The van der Waals surface area contributed by atoms with Gasteiger partial charge < -0.3 is 15.7 Å². The van der Waals surface area contributed by atoms with Crippen molar-refractivity contribution < 1.29 is 19.5 Å². The van der Waals surface area contributed by atoms with Gasteiger partial charge in [-0.25, -0.2) is 9.59 Å². The van der Waals surface area contributed by atoms with Gasteiger partial charge in [0.1, 0.15) is 0 Å². The fourth-order valence-corrected chi connectivity index (χ4v) is 2.99. The maximum atomic E-state index is 12.2. The zero-order chi connectivity index (χ0) is 18.5. The molecule has 6 nitrogen and oxygen atoms in total. The Morgan fingerprint density at radius 3 is 2.46 bits per heavy atom. The highest BCUT2D eigenvalue weighted by molar-refractivity contribution is 5.99. The number of carboxylic acids is 1. The first-order valence-electron chi connectivity index (χ1n) is 8.56. The summed E-state index contributed by atoms with van der Waals surface area (Å²) in [6.07, 6.45) is 3.35. The van der Waals surface area contributed by atoms with Gasteiger partial charge in [-0.2, -0.15) is 0 Å². The van der Waals surface area contributed by atoms with Gasteiger partial charge in [0.25, 0.3) is 0 Å². The number of benzene rings is 2. The van der Waals surface area contributed by atoms with Crippen LogP contribution in [0.15, 0.2) is 42.5 Å². The molecule has 0 unspecified atom stereocenters. The van der Waals surface area contributed by atoms with E-state index in [0.29, 0.717) is 17.7 Å². The van der Waals surface area contributed by atoms with E-state index in [9.17, 15) is 14.4 Å². The van der Waals surface area contributed by atoms with Gasteiger partial charge in [-0.15, -0.1) is 0 Å². The lowest BCUT2D eigenvalue weighted by molar-refractivity contribution is 0.0696. The van der Waals surface area contributed by atoms with E-state index in [1.807, 2.05) is 6.07 Å². The Kier molecular flexibility index (Phi) is 5.31. The van der Waals surface area contributed by atoms with Crippen molar-refractivity contribution in [2.75, 3.05) is 5.32 Å². The molecule has 0 aromatic heterocycles. The Hall–Kier alpha value is -3.15. The largest absolute Gasteiger partial charge is 0.478 e. The van der Waals surface area contributed by atoms with Gasteiger partial charge in [0, 0.05) is 24.2 Å². The van der Waals surface area contributed by atoms with E-state index in [4.69, 9.17) is 5.11 Å². The molecule has 1 aliphatic rings. The summed E-state index contributed by atoms with van der Waals surface area (Å²) < 4.78 is 0. The molecule has 1 aliphatic carbocycles. The van der Waals surface area contributed by atoms with E-state index in [1.54, 1.807) is 24.3 Å². The molecule has 134 valence electrons. The van der Waals surface area contributed by atoms with Gasteiger partial charge in [0.05, 0.1) is 5.56 Å². The molecule has 0 fully saturated rings. The molecule has 3 N–H and O–H groups in total. The molecule has 0 spiro atoms. The first kappa shape index (κ1) is 17.7. The number of rotatable bonds is 4. The van der Waals surface area contributed by atoms with Crippen LogP contribution in [-0.2, 0) is 13.0 Å². The fraction of sp³-hybridized carbons (Fsp3) is 0.250. The van der Waals surface area contributed by atoms with Gasteiger partial charge in [-0.05, 0) is 54.7 Å². The van der Waals surface area contributed by atoms with Crippen LogP contribution < -0.4 is 10.6 Å². The first-order chi connectivity index (χ1) is 12.5. The minimum absolute atomic E-state index is 0.125. The molecular weight excluding hydrogens is 332 g/mol. The van der Waals surface area contributed by atoms with E-state index < -0.39 is 5.97 Å². The average molecular weight is 352 g/mol. The Bertz CT molecular complexity index is 843. The summed E-state index contributed by atoms with van der Waals surface area (Å²) in [4.78, 5) is 35.1. The van der Waals surface area contributed by atoms with Crippen LogP contribution in [-0.4, -0.2) is 22.9 Å². The van der Waals surface area contributed by atoms with Crippen molar-refractivity contribution >= 4 is 23.5 Å². The number of fused-ring (bicyclic) bond motifs is 1. The lowest BCUT2D eigenvalue weighted by atomic mass is 10.0. The molecule has 0 aliphatic heterocycles. The zero-order valence-electron chi connectivity index (χ0n) is 14.2. The molecule has 2 amide bonds. The minimum atomic E-state index is -0.986. The van der Waals surface area contributed by atoms with E-state index in [2.05, 4.69) is 10.6 Å². The van der Waals surface area contributed by atoms with E-state index in [0.717, 1.165) is 30.4 Å². The van der Waals surface area contributed by atoms with E-state index in [1.165, 1.54) is 12.1 Å². The maximum absolute atomic E-state index is 12.2. The maximum Gasteiger partial charge on any atom is 0.335 e. The number of anilines is 1. The highest BCUT2D eigenvalue weighted by Crippen LogP contribution is 2.23. The zero-order valence-corrected chi connectivity index (χ0v) is 14.2. The number of Topliss-reactive ketones (excluding diaryl/α,β-unsaturated/α-hetero) is 1. The van der Waals surface area contributed by atoms with Crippen LogP contribution in [0, 0.1) is 0 Å². The number of carbonyl (C=O) groups excluding carboxylic acids is 2. The molecule has 3 rings (SSSR count). The molecule has 0 saturated carbocycles. The number of urea groups is 1. The monoisotopic (exact) mass is 352 g/mol. The van der Waals surface area contributed by atoms with Gasteiger partial charge in [-0.3, -0.25) is 4.79 Å². The summed E-state index contributed by atoms with van der Waals surface area (Å²) in [6, 6.07) is 11.4. The van der Waals surface area contributed by atoms with Crippen molar-refractivity contribution in [3.63, 3.8) is 0 Å². The number of hydrogen-bond donors (Lipinski definition) is 3. The van der Waals surface area contributed by atoms with Crippen LogP contribution in [0.5, 0.6) is 0 Å². The number of nitrogens with one attached hydrogen (secondary N) is 2. The van der Waals surface area contributed by atoms with Gasteiger partial charge in [-0.1, -0.05) is 18.2 Å². The van der Waals surface area contributed by atoms with E-state index >= 15 is 0 Å². The molecular formula is C20H20N2O4. The van der Waals surface area contributed by atoms with Crippen molar-refractivity contribution in [3.8, 4) is 0 Å². The predicted molar refractivity (Wildman–Crippen MR) is 97.6 cm³/mol. The summed E-state index contributed by atoms with van der Waals surface area (Å²) in [6.45, 7) is 0.273. The third-order valence-electron chi connectivity index (χ3n) is 4.42. The van der Waals surface area contributed by atoms with Crippen molar-refractivity contribution in [3.05, 3.63) is 64.7 Å². The number of carbonyl (C=O) groups is 3. The average Bonchev–Trinajstić information content (AvgIpc) is 2.82. The molecule has 2 aromatic rings. The molecule has 6 heteroatoms. The fourth-order valence-electron chi connectivity index (χ4n) is 2.99. The lowest BCUT2D eigenvalue weighted by Crippen LogP contribution is -2.28. The van der Waals surface area contributed by atoms with Gasteiger partial charge >= 0.3 is 12.0 Å². The van der Waals surface area contributed by atoms with Crippen molar-refractivity contribution in [1.29, 1.82) is 0 Å². The molecule has 0 radical (unpaired) electrons. The first-order valence-corrected chi connectivity index (χ1v) is 8.56. The van der Waals surface area contributed by atoms with Crippen molar-refractivity contribution in [2.45, 2.75) is 32.2 Å². The van der Waals surface area contributed by atoms with Crippen molar-refractivity contribution in [1.82, 2.24) is 5.32 Å². The lowest BCUT2D eigenvalue weighted by Gasteiger charge is -2.11. The van der Waals surface area contributed by atoms with Crippen LogP contribution in [0.25, 0.3) is 0 Å². The quantitative estimate of drug-likeness (QED) is 0.733. The highest BCUT2D eigenvalue weighted by Gasteiger charge is 2.16. The number of hydrogen-bond acceptors (Lipinski definition) is 3. The predicted octanol–water partition coefficient (Wildman–Crippen LogP) is 3.62. The minimum Gasteiger partial charge on any atom is -0.478 e. The van der Waals surface area contributed by atoms with Gasteiger partial charge in [0.15, 0.2) is 5.78 Å². The van der Waals surface area contributed by atoms with E-state index in [-0.39, 0.29) is 23.9 Å². The van der Waals surface area contributed by atoms with Gasteiger partial charge in [0.2, 0.25) is 0 Å². The molecule has 0 heterocycles. The summed E-state index contributed by atoms with van der Waals surface area (Å²) >= 11 is 0. The number of aromatic carboxylic acids is 1. The standard InChI is InChI=1S/C20H20N2O4/c23-18-4-2-1-3-14-9-10-16(11-17(14)18)22-20(26)21-12-13-5-7-15(8-6-13)19(24)25/h5-11H,1-4,12H2,(H,24,25)(H2,21,22,26). The number of ketones is 1. The van der Waals surface area contributed by atoms with Crippen LogP contribution in [0.3, 0.4) is 0 Å². The second kappa shape index (κ2) is 7.82. The smallest absolute Gasteiger partial charge is 0.335 e. The van der Waals surface area contributed by atoms with Crippen LogP contribution in [0.2, 0.25) is 0 Å². The second-order valence-corrected chi connectivity index (χ2v) is 6.31. The molecule has 0 saturated heterocycles. The normalized spacial score (nSPS) is 13.5. The summed E-state index contributed by atoms with van der Waals surface area (Å²) in [5, 5.41) is 14.3. The Morgan fingerprint density at radius 2 is 1.73 bits per heavy atom. The summed E-state index contributed by atoms with van der Waals surface area (Å²) in [7, 11) is 0. The molecule has 0 bridgehead atoms. The highest BCUT2D eigenvalue weighted by atomic mass is 16.4. The summed E-state index contributed by atoms with van der Waals surface area (Å²) in [5.74, 6) is -0.861. The van der Waals surface area contributed by atoms with Crippen molar-refractivity contribution in [2.24, 2.45) is 0 Å². The topological polar surface area (TPSA) is 95.5 Å². The van der Waals surface area contributed by atoms with Crippen LogP contribution in [0.1, 0.15) is 51.1 Å². The molecule has 2 aromatic carbocycles. The third-order valence-corrected chi connectivity index (χ3v) is 4.42. The second-order valence-electron chi connectivity index (χ2n) is 6.31. The number of aryl methyl sites for hydroxylation is 1. The Labute approximate surface area is 151 Å². The van der Waals surface area contributed by atoms with Crippen LogP contribution in [0.4, 0.5) is 10.5 Å².